The molecule has 1 aromatic heterocycles. The Kier molecular flexibility index (Phi) is 4.10. The standard InChI is InChI=1S/C21H13F4N2O/c22-16-9-8-13(21(23,24)25)10-12(16)11-27-17-6-2-1-4-14(17)19-15(20(26)28)5-3-7-18(19)27/h1-3,5-10H,11H2,(H2,26,28). The van der Waals surface area contributed by atoms with E-state index in [0.717, 1.165) is 12.1 Å². The Bertz CT molecular complexity index is 1220. The Balaban J connectivity index is 1.97. The summed E-state index contributed by atoms with van der Waals surface area (Å²) in [5.41, 5.74) is 5.89. The lowest BCUT2D eigenvalue weighted by Gasteiger charge is -2.12. The second-order valence-electron chi connectivity index (χ2n) is 6.38. The normalized spacial score (nSPS) is 12.0. The number of alkyl halides is 3. The summed E-state index contributed by atoms with van der Waals surface area (Å²) in [5, 5.41) is 1.14. The number of aromatic nitrogens is 1. The van der Waals surface area contributed by atoms with Crippen LogP contribution in [0.5, 0.6) is 0 Å². The van der Waals surface area contributed by atoms with Gasteiger partial charge in [-0.05, 0) is 42.5 Å². The number of halogens is 4. The number of primary amides is 1. The Labute approximate surface area is 157 Å². The molecular weight excluding hydrogens is 372 g/mol. The first kappa shape index (κ1) is 18.0. The van der Waals surface area contributed by atoms with Crippen molar-refractivity contribution in [1.82, 2.24) is 4.57 Å². The van der Waals surface area contributed by atoms with Crippen LogP contribution in [0.2, 0.25) is 0 Å². The van der Waals surface area contributed by atoms with Crippen molar-refractivity contribution in [1.29, 1.82) is 0 Å². The van der Waals surface area contributed by atoms with E-state index in [2.05, 4.69) is 6.07 Å². The zero-order valence-electron chi connectivity index (χ0n) is 14.3. The highest BCUT2D eigenvalue weighted by atomic mass is 19.4. The van der Waals surface area contributed by atoms with Crippen LogP contribution in [0, 0.1) is 11.9 Å². The summed E-state index contributed by atoms with van der Waals surface area (Å²) in [6.07, 6.45) is -4.57. The smallest absolute Gasteiger partial charge is 0.366 e. The lowest BCUT2D eigenvalue weighted by Crippen LogP contribution is -2.11. The van der Waals surface area contributed by atoms with E-state index < -0.39 is 23.5 Å². The van der Waals surface area contributed by atoms with E-state index in [1.54, 1.807) is 41.0 Å². The number of hydrogen-bond acceptors (Lipinski definition) is 1. The van der Waals surface area contributed by atoms with E-state index in [9.17, 15) is 22.4 Å². The van der Waals surface area contributed by atoms with Crippen LogP contribution in [0.1, 0.15) is 21.5 Å². The molecule has 2 N–H and O–H groups in total. The van der Waals surface area contributed by atoms with Gasteiger partial charge in [0.25, 0.3) is 0 Å². The van der Waals surface area contributed by atoms with E-state index >= 15 is 0 Å². The molecule has 28 heavy (non-hydrogen) atoms. The molecule has 0 spiro atoms. The van der Waals surface area contributed by atoms with Crippen molar-refractivity contribution >= 4 is 27.7 Å². The quantitative estimate of drug-likeness (QED) is 0.501. The molecule has 0 aliphatic heterocycles. The number of benzene rings is 3. The predicted octanol–water partition coefficient (Wildman–Crippen LogP) is 4.90. The van der Waals surface area contributed by atoms with Gasteiger partial charge in [0.05, 0.1) is 23.1 Å². The molecule has 0 bridgehead atoms. The fourth-order valence-electron chi connectivity index (χ4n) is 3.43. The van der Waals surface area contributed by atoms with E-state index in [1.165, 1.54) is 0 Å². The third kappa shape index (κ3) is 2.89. The summed E-state index contributed by atoms with van der Waals surface area (Å²) in [5.74, 6) is -1.37. The van der Waals surface area contributed by atoms with Gasteiger partial charge in [0, 0.05) is 21.9 Å². The van der Waals surface area contributed by atoms with Gasteiger partial charge in [-0.1, -0.05) is 18.2 Å². The third-order valence-electron chi connectivity index (χ3n) is 4.68. The van der Waals surface area contributed by atoms with Crippen molar-refractivity contribution < 1.29 is 22.4 Å². The molecule has 0 atom stereocenters. The summed E-state index contributed by atoms with van der Waals surface area (Å²) in [7, 11) is 0. The average molecular weight is 385 g/mol. The van der Waals surface area contributed by atoms with Gasteiger partial charge in [0.2, 0.25) is 5.91 Å². The minimum atomic E-state index is -4.57. The van der Waals surface area contributed by atoms with Crippen molar-refractivity contribution in [2.45, 2.75) is 12.7 Å². The maximum absolute atomic E-state index is 14.3. The third-order valence-corrected chi connectivity index (χ3v) is 4.68. The first-order valence-electron chi connectivity index (χ1n) is 8.34. The van der Waals surface area contributed by atoms with Gasteiger partial charge in [-0.3, -0.25) is 4.79 Å². The number of amides is 1. The number of hydrogen-bond donors (Lipinski definition) is 1. The zero-order valence-corrected chi connectivity index (χ0v) is 14.3. The van der Waals surface area contributed by atoms with Crippen LogP contribution >= 0.6 is 0 Å². The maximum atomic E-state index is 14.3. The van der Waals surface area contributed by atoms with E-state index in [1.807, 2.05) is 0 Å². The van der Waals surface area contributed by atoms with Crippen molar-refractivity contribution in [3.8, 4) is 0 Å². The van der Waals surface area contributed by atoms with Crippen LogP contribution in [-0.4, -0.2) is 10.5 Å². The van der Waals surface area contributed by atoms with Gasteiger partial charge < -0.3 is 10.3 Å². The highest BCUT2D eigenvalue weighted by molar-refractivity contribution is 6.17. The van der Waals surface area contributed by atoms with Gasteiger partial charge >= 0.3 is 6.18 Å². The molecule has 4 aromatic rings. The fourth-order valence-corrected chi connectivity index (χ4v) is 3.43. The van der Waals surface area contributed by atoms with Gasteiger partial charge in [0.1, 0.15) is 5.82 Å². The Morgan fingerprint density at radius 1 is 1.07 bits per heavy atom. The van der Waals surface area contributed by atoms with E-state index in [0.29, 0.717) is 27.9 Å². The number of rotatable bonds is 3. The van der Waals surface area contributed by atoms with Gasteiger partial charge in [-0.25, -0.2) is 4.39 Å². The number of nitrogens with zero attached hydrogens (tertiary/aromatic N) is 1. The monoisotopic (exact) mass is 385 g/mol. The van der Waals surface area contributed by atoms with Gasteiger partial charge in [-0.15, -0.1) is 0 Å². The van der Waals surface area contributed by atoms with Crippen LogP contribution in [0.3, 0.4) is 0 Å². The van der Waals surface area contributed by atoms with Crippen LogP contribution < -0.4 is 5.73 Å². The Morgan fingerprint density at radius 2 is 1.82 bits per heavy atom. The zero-order chi connectivity index (χ0) is 20.1. The highest BCUT2D eigenvalue weighted by Crippen LogP contribution is 2.34. The van der Waals surface area contributed by atoms with Crippen molar-refractivity contribution in [2.24, 2.45) is 5.73 Å². The topological polar surface area (TPSA) is 48.0 Å². The minimum Gasteiger partial charge on any atom is -0.366 e. The summed E-state index contributed by atoms with van der Waals surface area (Å²) >= 11 is 0. The van der Waals surface area contributed by atoms with Gasteiger partial charge in [0.15, 0.2) is 0 Å². The molecule has 3 aromatic carbocycles. The molecule has 0 unspecified atom stereocenters. The number of fused-ring (bicyclic) bond motifs is 3. The van der Waals surface area contributed by atoms with E-state index in [4.69, 9.17) is 5.73 Å². The summed E-state index contributed by atoms with van der Waals surface area (Å²) in [6.45, 7) is -0.143. The van der Waals surface area contributed by atoms with E-state index in [-0.39, 0.29) is 17.7 Å². The first-order chi connectivity index (χ1) is 13.3. The molecule has 0 fully saturated rings. The predicted molar refractivity (Wildman–Crippen MR) is 97.3 cm³/mol. The molecular formula is C21H13F4N2O. The second kappa shape index (κ2) is 6.37. The van der Waals surface area contributed by atoms with Crippen molar-refractivity contribution in [2.75, 3.05) is 0 Å². The molecule has 0 saturated carbocycles. The van der Waals surface area contributed by atoms with Crippen molar-refractivity contribution in [3.05, 3.63) is 83.2 Å². The Morgan fingerprint density at radius 3 is 2.54 bits per heavy atom. The molecule has 3 nitrogen and oxygen atoms in total. The minimum absolute atomic E-state index is 0.109. The molecule has 0 aliphatic carbocycles. The van der Waals surface area contributed by atoms with Crippen LogP contribution in [0.4, 0.5) is 17.6 Å². The lowest BCUT2D eigenvalue weighted by molar-refractivity contribution is -0.137. The van der Waals surface area contributed by atoms with Crippen LogP contribution in [0.25, 0.3) is 21.8 Å². The summed E-state index contributed by atoms with van der Waals surface area (Å²) in [4.78, 5) is 11.8. The fraction of sp³-hybridized carbons (Fsp3) is 0.0952. The molecule has 7 heteroatoms. The second-order valence-corrected chi connectivity index (χ2v) is 6.38. The molecule has 4 rings (SSSR count). The molecule has 1 heterocycles. The maximum Gasteiger partial charge on any atom is 0.416 e. The number of carbonyl (C=O) groups excluding carboxylic acids is 1. The molecule has 1 amide bonds. The summed E-state index contributed by atoms with van der Waals surface area (Å²) in [6, 6.07) is 15.4. The molecule has 1 radical (unpaired) electrons. The molecule has 141 valence electrons. The average Bonchev–Trinajstić information content (AvgIpc) is 2.96. The molecule has 0 aliphatic rings. The van der Waals surface area contributed by atoms with Crippen LogP contribution in [0.15, 0.2) is 54.6 Å². The van der Waals surface area contributed by atoms with Crippen LogP contribution in [-0.2, 0) is 12.7 Å². The molecule has 0 saturated heterocycles. The SMILES string of the molecule is NC(=O)c1cccc2c1c1[c]cccc1n2Cc1cc(C(F)(F)F)ccc1F. The highest BCUT2D eigenvalue weighted by Gasteiger charge is 2.31. The first-order valence-corrected chi connectivity index (χ1v) is 8.34. The van der Waals surface area contributed by atoms with Crippen molar-refractivity contribution in [3.63, 3.8) is 0 Å². The Hall–Kier alpha value is -3.35. The number of carbonyl (C=O) groups is 1. The number of nitrogens with two attached hydrogens (primary N) is 1. The summed E-state index contributed by atoms with van der Waals surface area (Å²) < 4.78 is 55.1. The largest absolute Gasteiger partial charge is 0.416 e. The lowest BCUT2D eigenvalue weighted by atomic mass is 10.1. The van der Waals surface area contributed by atoms with Gasteiger partial charge in [-0.2, -0.15) is 13.2 Å².